The van der Waals surface area contributed by atoms with Gasteiger partial charge in [-0.05, 0) is 50.7 Å². The molecule has 1 saturated heterocycles. The number of likely N-dealkylation sites (tertiary alicyclic amines) is 1. The summed E-state index contributed by atoms with van der Waals surface area (Å²) in [5.74, 6) is -4.44. The largest absolute Gasteiger partial charge is 0.480 e. The Balaban J connectivity index is 1.47. The quantitative estimate of drug-likeness (QED) is 0.272. The van der Waals surface area contributed by atoms with Crippen molar-refractivity contribution in [1.82, 2.24) is 25.4 Å². The fourth-order valence-electron chi connectivity index (χ4n) is 4.78. The van der Waals surface area contributed by atoms with Gasteiger partial charge in [0.05, 0.1) is 23.4 Å². The van der Waals surface area contributed by atoms with Crippen LogP contribution in [0, 0.1) is 17.5 Å². The summed E-state index contributed by atoms with van der Waals surface area (Å²) < 4.78 is 79.1. The molecular weight excluding hydrogens is 585 g/mol. The van der Waals surface area contributed by atoms with Crippen LogP contribution >= 0.6 is 11.6 Å². The van der Waals surface area contributed by atoms with Gasteiger partial charge >= 0.3 is 0 Å². The molecule has 4 aromatic rings. The second-order valence-electron chi connectivity index (χ2n) is 9.46. The van der Waals surface area contributed by atoms with Gasteiger partial charge in [0.1, 0.15) is 11.3 Å². The maximum absolute atomic E-state index is 15.6. The van der Waals surface area contributed by atoms with Crippen molar-refractivity contribution in [1.29, 1.82) is 0 Å². The molecule has 1 atom stereocenters. The van der Waals surface area contributed by atoms with Gasteiger partial charge in [-0.15, -0.1) is 0 Å². The van der Waals surface area contributed by atoms with E-state index in [0.29, 0.717) is 6.54 Å². The summed E-state index contributed by atoms with van der Waals surface area (Å²) in [6.45, 7) is 1.32. The zero-order valence-corrected chi connectivity index (χ0v) is 23.3. The van der Waals surface area contributed by atoms with Crippen molar-refractivity contribution >= 4 is 44.1 Å². The van der Waals surface area contributed by atoms with E-state index in [9.17, 15) is 17.6 Å². The number of H-pyrrole nitrogens is 1. The van der Waals surface area contributed by atoms with Gasteiger partial charge in [-0.2, -0.15) is 5.10 Å². The van der Waals surface area contributed by atoms with E-state index in [2.05, 4.69) is 25.4 Å². The fraction of sp³-hybridized carbons (Fsp3) is 0.269. The summed E-state index contributed by atoms with van der Waals surface area (Å²) in [7, 11) is -1.37. The number of methoxy groups -OCH3 is 1. The molecule has 1 aliphatic heterocycles. The summed E-state index contributed by atoms with van der Waals surface area (Å²) in [5, 5.41) is 9.23. The molecule has 0 bridgehead atoms. The van der Waals surface area contributed by atoms with Gasteiger partial charge in [0, 0.05) is 29.7 Å². The average Bonchev–Trinajstić information content (AvgIpc) is 3.56. The van der Waals surface area contributed by atoms with E-state index in [0.717, 1.165) is 49.8 Å². The Morgan fingerprint density at radius 3 is 2.71 bits per heavy atom. The first kappa shape index (κ1) is 28.6. The van der Waals surface area contributed by atoms with Crippen LogP contribution in [-0.2, 0) is 10.0 Å². The maximum Gasteiger partial charge on any atom is 0.272 e. The molecule has 10 nitrogen and oxygen atoms in total. The van der Waals surface area contributed by atoms with Crippen LogP contribution in [0.5, 0.6) is 5.88 Å². The first-order valence-electron chi connectivity index (χ1n) is 12.4. The first-order chi connectivity index (χ1) is 19.5. The number of benzene rings is 2. The topological polar surface area (TPSA) is 129 Å². The van der Waals surface area contributed by atoms with Gasteiger partial charge in [0.2, 0.25) is 5.88 Å². The van der Waals surface area contributed by atoms with Crippen molar-refractivity contribution in [3.63, 3.8) is 0 Å². The molecule has 2 aromatic heterocycles. The van der Waals surface area contributed by atoms with Crippen molar-refractivity contribution in [2.45, 2.75) is 23.8 Å². The minimum atomic E-state index is -4.52. The monoisotopic (exact) mass is 608 g/mol. The Hall–Kier alpha value is -3.88. The average molecular weight is 609 g/mol. The van der Waals surface area contributed by atoms with E-state index >= 15 is 8.78 Å². The summed E-state index contributed by atoms with van der Waals surface area (Å²) >= 11 is 5.87. The van der Waals surface area contributed by atoms with Gasteiger partial charge in [-0.25, -0.2) is 26.6 Å². The molecule has 15 heteroatoms. The summed E-state index contributed by atoms with van der Waals surface area (Å²) in [4.78, 5) is 18.2. The van der Waals surface area contributed by atoms with Crippen LogP contribution < -0.4 is 14.8 Å². The second kappa shape index (κ2) is 11.2. The van der Waals surface area contributed by atoms with Crippen molar-refractivity contribution < 1.29 is 31.1 Å². The standard InChI is InChI=1S/C26H24ClF3N6O4S/c1-36-9-3-4-14(36)12-31-25(37)24-16-6-5-15(21(29)23(16)33-34-24)20-17(28)7-8-18(22(20)30)35-41(38,39)19-10-13(27)11-32-26(19)40-2/h5-8,10-11,14,35H,3-4,9,12H2,1-2H3,(H,31,37)(H,33,34)/t14-/m0/s1. The lowest BCUT2D eigenvalue weighted by molar-refractivity contribution is 0.0940. The minimum Gasteiger partial charge on any atom is -0.480 e. The number of fused-ring (bicyclic) bond motifs is 1. The molecule has 0 spiro atoms. The molecule has 0 radical (unpaired) electrons. The Labute approximate surface area is 237 Å². The number of hydrogen-bond donors (Lipinski definition) is 3. The van der Waals surface area contributed by atoms with Crippen molar-refractivity contribution in [3.8, 4) is 17.0 Å². The predicted octanol–water partition coefficient (Wildman–Crippen LogP) is 4.33. The number of nitrogens with zero attached hydrogens (tertiary/aromatic N) is 3. The molecule has 0 saturated carbocycles. The summed E-state index contributed by atoms with van der Waals surface area (Å²) in [6.07, 6.45) is 3.12. The Morgan fingerprint density at radius 2 is 2.00 bits per heavy atom. The molecular formula is C26H24ClF3N6O4S. The van der Waals surface area contributed by atoms with E-state index in [-0.39, 0.29) is 33.5 Å². The second-order valence-corrected chi connectivity index (χ2v) is 11.5. The first-order valence-corrected chi connectivity index (χ1v) is 14.2. The summed E-state index contributed by atoms with van der Waals surface area (Å²) in [5.41, 5.74) is -2.32. The van der Waals surface area contributed by atoms with Crippen molar-refractivity contribution in [2.75, 3.05) is 32.0 Å². The number of amides is 1. The van der Waals surface area contributed by atoms with Crippen LogP contribution in [0.15, 0.2) is 41.4 Å². The third-order valence-electron chi connectivity index (χ3n) is 6.93. The normalized spacial score (nSPS) is 15.8. The molecule has 0 aliphatic carbocycles. The third-order valence-corrected chi connectivity index (χ3v) is 8.50. The number of aromatic amines is 1. The number of ether oxygens (including phenoxy) is 1. The lowest BCUT2D eigenvalue weighted by Gasteiger charge is -2.19. The van der Waals surface area contributed by atoms with Gasteiger partial charge in [0.25, 0.3) is 15.9 Å². The predicted molar refractivity (Wildman–Crippen MR) is 146 cm³/mol. The number of rotatable bonds is 8. The molecule has 1 fully saturated rings. The number of sulfonamides is 1. The van der Waals surface area contributed by atoms with Gasteiger partial charge < -0.3 is 15.0 Å². The number of halogens is 4. The number of aromatic nitrogens is 3. The number of carbonyl (C=O) groups excluding carboxylic acids is 1. The zero-order chi connectivity index (χ0) is 29.5. The van der Waals surface area contributed by atoms with Gasteiger partial charge in [0.15, 0.2) is 22.2 Å². The number of carbonyl (C=O) groups is 1. The number of nitrogens with one attached hydrogen (secondary N) is 3. The van der Waals surface area contributed by atoms with Crippen LogP contribution in [0.3, 0.4) is 0 Å². The van der Waals surface area contributed by atoms with Gasteiger partial charge in [-0.3, -0.25) is 14.6 Å². The molecule has 216 valence electrons. The van der Waals surface area contributed by atoms with E-state index in [1.807, 2.05) is 11.8 Å². The highest BCUT2D eigenvalue weighted by Gasteiger charge is 2.28. The highest BCUT2D eigenvalue weighted by atomic mass is 35.5. The number of likely N-dealkylation sites (N-methyl/N-ethyl adjacent to an activating group) is 1. The Kier molecular flexibility index (Phi) is 7.81. The van der Waals surface area contributed by atoms with E-state index in [4.69, 9.17) is 16.3 Å². The van der Waals surface area contributed by atoms with Crippen LogP contribution in [-0.4, -0.2) is 67.7 Å². The highest BCUT2D eigenvalue weighted by molar-refractivity contribution is 7.92. The SMILES string of the molecule is COc1ncc(Cl)cc1S(=O)(=O)Nc1ccc(F)c(-c2ccc3c(C(=O)NC[C@@H]4CCCN4C)n[nH]c3c2F)c1F. The Bertz CT molecular complexity index is 1770. The number of anilines is 1. The number of hydrogen-bond acceptors (Lipinski definition) is 7. The summed E-state index contributed by atoms with van der Waals surface area (Å²) in [6, 6.07) is 5.28. The molecule has 0 unspecified atom stereocenters. The lowest BCUT2D eigenvalue weighted by Crippen LogP contribution is -2.38. The van der Waals surface area contributed by atoms with Crippen molar-refractivity contribution in [2.24, 2.45) is 0 Å². The van der Waals surface area contributed by atoms with Gasteiger partial charge in [-0.1, -0.05) is 17.7 Å². The van der Waals surface area contributed by atoms with E-state index in [1.54, 1.807) is 0 Å². The maximum atomic E-state index is 15.6. The zero-order valence-electron chi connectivity index (χ0n) is 21.8. The highest BCUT2D eigenvalue weighted by Crippen LogP contribution is 2.36. The molecule has 2 aromatic carbocycles. The van der Waals surface area contributed by atoms with Crippen molar-refractivity contribution in [3.05, 3.63) is 64.7 Å². The van der Waals surface area contributed by atoms with Crippen LogP contribution in [0.25, 0.3) is 22.0 Å². The van der Waals surface area contributed by atoms with Crippen LogP contribution in [0.4, 0.5) is 18.9 Å². The minimum absolute atomic E-state index is 0.0275. The van der Waals surface area contributed by atoms with E-state index < -0.39 is 55.1 Å². The van der Waals surface area contributed by atoms with Crippen LogP contribution in [0.2, 0.25) is 5.02 Å². The molecule has 3 N–H and O–H groups in total. The molecule has 41 heavy (non-hydrogen) atoms. The number of pyridine rings is 1. The molecule has 1 amide bonds. The molecule has 5 rings (SSSR count). The molecule has 3 heterocycles. The smallest absolute Gasteiger partial charge is 0.272 e. The van der Waals surface area contributed by atoms with Crippen LogP contribution in [0.1, 0.15) is 23.3 Å². The molecule has 1 aliphatic rings. The third kappa shape index (κ3) is 5.42. The van der Waals surface area contributed by atoms with E-state index in [1.165, 1.54) is 13.2 Å². The Morgan fingerprint density at radius 1 is 1.22 bits per heavy atom. The fourth-order valence-corrected chi connectivity index (χ4v) is 6.21. The lowest BCUT2D eigenvalue weighted by atomic mass is 10.0.